The first kappa shape index (κ1) is 14.1. The van der Waals surface area contributed by atoms with Gasteiger partial charge in [-0.25, -0.2) is 0 Å². The van der Waals surface area contributed by atoms with Crippen LogP contribution in [0.3, 0.4) is 0 Å². The summed E-state index contributed by atoms with van der Waals surface area (Å²) >= 11 is 5.51. The van der Waals surface area contributed by atoms with E-state index in [2.05, 4.69) is 5.32 Å². The molecule has 0 radical (unpaired) electrons. The fourth-order valence-corrected chi connectivity index (χ4v) is 1.50. The highest BCUT2D eigenvalue weighted by Crippen LogP contribution is 2.36. The summed E-state index contributed by atoms with van der Waals surface area (Å²) in [5, 5.41) is 2.63. The van der Waals surface area contributed by atoms with Crippen molar-refractivity contribution in [3.05, 3.63) is 28.8 Å². The zero-order chi connectivity index (χ0) is 13.1. The van der Waals surface area contributed by atoms with Crippen molar-refractivity contribution >= 4 is 17.3 Å². The summed E-state index contributed by atoms with van der Waals surface area (Å²) in [6, 6.07) is 3.81. The van der Waals surface area contributed by atoms with Crippen molar-refractivity contribution in [1.29, 1.82) is 0 Å². The Morgan fingerprint density at radius 2 is 1.94 bits per heavy atom. The molecule has 0 aliphatic carbocycles. The number of nitrogens with zero attached hydrogens (tertiary/aromatic N) is 1. The molecule has 0 saturated carbocycles. The highest BCUT2D eigenvalue weighted by molar-refractivity contribution is 6.31. The van der Waals surface area contributed by atoms with Gasteiger partial charge in [-0.05, 0) is 32.3 Å². The van der Waals surface area contributed by atoms with E-state index in [9.17, 15) is 13.2 Å². The second kappa shape index (κ2) is 5.60. The Hall–Kier alpha value is -0.940. The normalized spacial score (nSPS) is 11.9. The van der Waals surface area contributed by atoms with E-state index in [1.54, 1.807) is 0 Å². The van der Waals surface area contributed by atoms with Gasteiger partial charge in [0.1, 0.15) is 0 Å². The van der Waals surface area contributed by atoms with Gasteiger partial charge >= 0.3 is 6.18 Å². The number of hydrogen-bond acceptors (Lipinski definition) is 2. The largest absolute Gasteiger partial charge is 0.417 e. The molecule has 0 bridgehead atoms. The van der Waals surface area contributed by atoms with E-state index in [0.29, 0.717) is 12.2 Å². The van der Waals surface area contributed by atoms with E-state index in [1.807, 2.05) is 19.0 Å². The predicted octanol–water partition coefficient (Wildman–Crippen LogP) is 3.33. The quantitative estimate of drug-likeness (QED) is 0.899. The minimum Gasteiger partial charge on any atom is -0.384 e. The molecule has 0 saturated heterocycles. The molecule has 0 fully saturated rings. The van der Waals surface area contributed by atoms with Crippen LogP contribution in [-0.2, 0) is 6.18 Å². The smallest absolute Gasteiger partial charge is 0.384 e. The molecule has 0 unspecified atom stereocenters. The van der Waals surface area contributed by atoms with E-state index >= 15 is 0 Å². The molecule has 0 heterocycles. The Labute approximate surface area is 103 Å². The predicted molar refractivity (Wildman–Crippen MR) is 63.5 cm³/mol. The van der Waals surface area contributed by atoms with Gasteiger partial charge in [-0.15, -0.1) is 0 Å². The first-order valence-electron chi connectivity index (χ1n) is 5.06. The minimum atomic E-state index is -4.42. The van der Waals surface area contributed by atoms with E-state index in [-0.39, 0.29) is 5.02 Å². The number of benzene rings is 1. The minimum absolute atomic E-state index is 0.282. The van der Waals surface area contributed by atoms with Gasteiger partial charge < -0.3 is 10.2 Å². The molecule has 1 aromatic rings. The van der Waals surface area contributed by atoms with Gasteiger partial charge in [-0.3, -0.25) is 0 Å². The zero-order valence-corrected chi connectivity index (χ0v) is 10.4. The SMILES string of the molecule is CN(C)CCNc1ccc(Cl)c(C(F)(F)F)c1. The molecule has 0 spiro atoms. The first-order chi connectivity index (χ1) is 7.80. The molecular weight excluding hydrogens is 253 g/mol. The highest BCUT2D eigenvalue weighted by Gasteiger charge is 2.33. The Bertz CT molecular complexity index is 377. The molecule has 1 N–H and O–H groups in total. The summed E-state index contributed by atoms with van der Waals surface area (Å²) in [5.74, 6) is 0. The summed E-state index contributed by atoms with van der Waals surface area (Å²) in [4.78, 5) is 1.94. The third kappa shape index (κ3) is 4.44. The zero-order valence-electron chi connectivity index (χ0n) is 9.61. The monoisotopic (exact) mass is 266 g/mol. The number of rotatable bonds is 4. The summed E-state index contributed by atoms with van der Waals surface area (Å²) in [5.41, 5.74) is -0.391. The molecule has 1 rings (SSSR count). The summed E-state index contributed by atoms with van der Waals surface area (Å²) < 4.78 is 37.7. The lowest BCUT2D eigenvalue weighted by atomic mass is 10.2. The second-order valence-electron chi connectivity index (χ2n) is 3.92. The Kier molecular flexibility index (Phi) is 4.65. The lowest BCUT2D eigenvalue weighted by Gasteiger charge is -2.14. The first-order valence-corrected chi connectivity index (χ1v) is 5.44. The molecule has 2 nitrogen and oxygen atoms in total. The molecule has 6 heteroatoms. The molecule has 0 atom stereocenters. The van der Waals surface area contributed by atoms with E-state index < -0.39 is 11.7 Å². The summed E-state index contributed by atoms with van der Waals surface area (Å²) in [6.45, 7) is 1.32. The van der Waals surface area contributed by atoms with Crippen molar-refractivity contribution in [2.75, 3.05) is 32.5 Å². The number of likely N-dealkylation sites (N-methyl/N-ethyl adjacent to an activating group) is 1. The van der Waals surface area contributed by atoms with Crippen LogP contribution in [0.15, 0.2) is 18.2 Å². The number of halogens is 4. The number of hydrogen-bond donors (Lipinski definition) is 1. The molecule has 96 valence electrons. The van der Waals surface area contributed by atoms with Gasteiger partial charge in [0.25, 0.3) is 0 Å². The maximum Gasteiger partial charge on any atom is 0.417 e. The molecule has 0 aromatic heterocycles. The standard InChI is InChI=1S/C11H14ClF3N2/c1-17(2)6-5-16-8-3-4-10(12)9(7-8)11(13,14)15/h3-4,7,16H,5-6H2,1-2H3. The molecule has 17 heavy (non-hydrogen) atoms. The molecule has 0 aliphatic heterocycles. The molecular formula is C11H14ClF3N2. The van der Waals surface area contributed by atoms with Crippen LogP contribution < -0.4 is 5.32 Å². The number of alkyl halides is 3. The van der Waals surface area contributed by atoms with E-state index in [1.165, 1.54) is 12.1 Å². The van der Waals surface area contributed by atoms with Gasteiger partial charge in [-0.2, -0.15) is 13.2 Å². The van der Waals surface area contributed by atoms with Gasteiger partial charge in [0.15, 0.2) is 0 Å². The Balaban J connectivity index is 2.76. The van der Waals surface area contributed by atoms with Crippen LogP contribution in [0.25, 0.3) is 0 Å². The van der Waals surface area contributed by atoms with Crippen molar-refractivity contribution < 1.29 is 13.2 Å². The Morgan fingerprint density at radius 3 is 2.47 bits per heavy atom. The van der Waals surface area contributed by atoms with Gasteiger partial charge in [0, 0.05) is 18.8 Å². The summed E-state index contributed by atoms with van der Waals surface area (Å²) in [6.07, 6.45) is -4.42. The van der Waals surface area contributed by atoms with Crippen LogP contribution in [-0.4, -0.2) is 32.1 Å². The average molecular weight is 267 g/mol. The highest BCUT2D eigenvalue weighted by atomic mass is 35.5. The number of anilines is 1. The molecule has 0 aliphatic rings. The van der Waals surface area contributed by atoms with Crippen LogP contribution in [0.2, 0.25) is 5.02 Å². The van der Waals surface area contributed by atoms with Crippen molar-refractivity contribution in [2.24, 2.45) is 0 Å². The topological polar surface area (TPSA) is 15.3 Å². The third-order valence-corrected chi connectivity index (χ3v) is 2.49. The van der Waals surface area contributed by atoms with Gasteiger partial charge in [-0.1, -0.05) is 11.6 Å². The van der Waals surface area contributed by atoms with Crippen LogP contribution in [0.1, 0.15) is 5.56 Å². The fraction of sp³-hybridized carbons (Fsp3) is 0.455. The van der Waals surface area contributed by atoms with Crippen LogP contribution >= 0.6 is 11.6 Å². The van der Waals surface area contributed by atoms with Crippen molar-refractivity contribution in [1.82, 2.24) is 4.90 Å². The van der Waals surface area contributed by atoms with Crippen molar-refractivity contribution in [3.63, 3.8) is 0 Å². The average Bonchev–Trinajstić information content (AvgIpc) is 2.18. The van der Waals surface area contributed by atoms with Crippen molar-refractivity contribution in [3.8, 4) is 0 Å². The van der Waals surface area contributed by atoms with Crippen molar-refractivity contribution in [2.45, 2.75) is 6.18 Å². The van der Waals surface area contributed by atoms with Gasteiger partial charge in [0.05, 0.1) is 10.6 Å². The maximum atomic E-state index is 12.6. The van der Waals surface area contributed by atoms with Crippen LogP contribution in [0.4, 0.5) is 18.9 Å². The van der Waals surface area contributed by atoms with Crippen LogP contribution in [0.5, 0.6) is 0 Å². The summed E-state index contributed by atoms with van der Waals surface area (Å²) in [7, 11) is 3.79. The molecule has 0 amide bonds. The Morgan fingerprint density at radius 1 is 1.29 bits per heavy atom. The van der Waals surface area contributed by atoms with Gasteiger partial charge in [0.2, 0.25) is 0 Å². The fourth-order valence-electron chi connectivity index (χ4n) is 1.28. The third-order valence-electron chi connectivity index (χ3n) is 2.16. The number of nitrogens with one attached hydrogen (secondary N) is 1. The van der Waals surface area contributed by atoms with E-state index in [4.69, 9.17) is 11.6 Å². The lowest BCUT2D eigenvalue weighted by molar-refractivity contribution is -0.137. The second-order valence-corrected chi connectivity index (χ2v) is 4.33. The molecule has 1 aromatic carbocycles. The van der Waals surface area contributed by atoms with E-state index in [0.717, 1.165) is 12.6 Å². The maximum absolute atomic E-state index is 12.6. The lowest BCUT2D eigenvalue weighted by Crippen LogP contribution is -2.21. The van der Waals surface area contributed by atoms with Crippen LogP contribution in [0, 0.1) is 0 Å².